The number of hydrogen-bond acceptors (Lipinski definition) is 3. The summed E-state index contributed by atoms with van der Waals surface area (Å²) in [6, 6.07) is 2.80. The summed E-state index contributed by atoms with van der Waals surface area (Å²) >= 11 is 0. The minimum Gasteiger partial charge on any atom is -0.371 e. The van der Waals surface area contributed by atoms with Gasteiger partial charge in [-0.05, 0) is 50.9 Å². The molecular weight excluding hydrogens is 267 g/mol. The van der Waals surface area contributed by atoms with Crippen LogP contribution in [-0.4, -0.2) is 31.7 Å². The topological polar surface area (TPSA) is 28.2 Å². The normalized spacial score (nSPS) is 17.5. The standard InChI is InChI=1S/C14H20F3N3/c1-18-6-2-11-4-8-20(9-5-11)12-3-7-19-13(10-12)14(15,16)17/h3,7,10-11,18H,2,4-6,8-9H2,1H3. The van der Waals surface area contributed by atoms with Crippen LogP contribution in [0.25, 0.3) is 0 Å². The van der Waals surface area contributed by atoms with Gasteiger partial charge in [0, 0.05) is 25.0 Å². The summed E-state index contributed by atoms with van der Waals surface area (Å²) in [5.74, 6) is 0.669. The Morgan fingerprint density at radius 1 is 1.35 bits per heavy atom. The van der Waals surface area contributed by atoms with Gasteiger partial charge in [0.25, 0.3) is 0 Å². The maximum Gasteiger partial charge on any atom is 0.433 e. The van der Waals surface area contributed by atoms with Crippen molar-refractivity contribution in [3.05, 3.63) is 24.0 Å². The minimum atomic E-state index is -4.37. The van der Waals surface area contributed by atoms with Gasteiger partial charge in [-0.15, -0.1) is 0 Å². The fraction of sp³-hybridized carbons (Fsp3) is 0.643. The molecule has 0 bridgehead atoms. The van der Waals surface area contributed by atoms with E-state index in [4.69, 9.17) is 0 Å². The average molecular weight is 287 g/mol. The number of nitrogens with zero attached hydrogens (tertiary/aromatic N) is 2. The molecule has 2 heterocycles. The molecule has 1 aromatic heterocycles. The van der Waals surface area contributed by atoms with E-state index in [1.54, 1.807) is 6.07 Å². The summed E-state index contributed by atoms with van der Waals surface area (Å²) in [5, 5.41) is 3.14. The van der Waals surface area contributed by atoms with Crippen LogP contribution in [0.5, 0.6) is 0 Å². The zero-order valence-electron chi connectivity index (χ0n) is 11.6. The lowest BCUT2D eigenvalue weighted by Gasteiger charge is -2.33. The molecule has 1 fully saturated rings. The van der Waals surface area contributed by atoms with Crippen molar-refractivity contribution < 1.29 is 13.2 Å². The minimum absolute atomic E-state index is 0.624. The van der Waals surface area contributed by atoms with E-state index in [-0.39, 0.29) is 0 Å². The van der Waals surface area contributed by atoms with Gasteiger partial charge in [0.2, 0.25) is 0 Å². The Balaban J connectivity index is 1.97. The zero-order valence-corrected chi connectivity index (χ0v) is 11.6. The molecule has 112 valence electrons. The van der Waals surface area contributed by atoms with Crippen molar-refractivity contribution in [3.63, 3.8) is 0 Å². The molecule has 0 spiro atoms. The molecule has 2 rings (SSSR count). The highest BCUT2D eigenvalue weighted by Gasteiger charge is 2.33. The summed E-state index contributed by atoms with van der Waals surface area (Å²) in [7, 11) is 1.94. The maximum absolute atomic E-state index is 12.6. The molecule has 0 atom stereocenters. The molecule has 1 saturated heterocycles. The molecule has 0 radical (unpaired) electrons. The van der Waals surface area contributed by atoms with Crippen molar-refractivity contribution in [3.8, 4) is 0 Å². The van der Waals surface area contributed by atoms with Crippen molar-refractivity contribution in [2.24, 2.45) is 5.92 Å². The third-order valence-electron chi connectivity index (χ3n) is 3.82. The first kappa shape index (κ1) is 15.1. The quantitative estimate of drug-likeness (QED) is 0.923. The first-order valence-corrected chi connectivity index (χ1v) is 6.93. The van der Waals surface area contributed by atoms with Gasteiger partial charge in [-0.25, -0.2) is 0 Å². The Morgan fingerprint density at radius 3 is 2.65 bits per heavy atom. The third-order valence-corrected chi connectivity index (χ3v) is 3.82. The van der Waals surface area contributed by atoms with Crippen LogP contribution in [0.2, 0.25) is 0 Å². The van der Waals surface area contributed by atoms with Gasteiger partial charge in [-0.2, -0.15) is 13.2 Å². The Kier molecular flexibility index (Phi) is 4.86. The van der Waals surface area contributed by atoms with E-state index in [2.05, 4.69) is 10.3 Å². The largest absolute Gasteiger partial charge is 0.433 e. The Hall–Kier alpha value is -1.30. The number of alkyl halides is 3. The molecular formula is C14H20F3N3. The van der Waals surface area contributed by atoms with E-state index < -0.39 is 11.9 Å². The van der Waals surface area contributed by atoms with Gasteiger partial charge in [0.05, 0.1) is 0 Å². The smallest absolute Gasteiger partial charge is 0.371 e. The highest BCUT2D eigenvalue weighted by atomic mass is 19.4. The average Bonchev–Trinajstić information content (AvgIpc) is 2.45. The number of rotatable bonds is 4. The van der Waals surface area contributed by atoms with Crippen LogP contribution < -0.4 is 10.2 Å². The number of piperidine rings is 1. The third kappa shape index (κ3) is 3.85. The monoisotopic (exact) mass is 287 g/mol. The summed E-state index contributed by atoms with van der Waals surface area (Å²) in [6.45, 7) is 2.63. The second-order valence-corrected chi connectivity index (χ2v) is 5.22. The number of halogens is 3. The van der Waals surface area contributed by atoms with Crippen molar-refractivity contribution in [2.45, 2.75) is 25.4 Å². The van der Waals surface area contributed by atoms with Crippen molar-refractivity contribution in [1.82, 2.24) is 10.3 Å². The van der Waals surface area contributed by atoms with E-state index in [9.17, 15) is 13.2 Å². The number of nitrogens with one attached hydrogen (secondary N) is 1. The van der Waals surface area contributed by atoms with E-state index in [0.29, 0.717) is 11.6 Å². The molecule has 1 N–H and O–H groups in total. The SMILES string of the molecule is CNCCC1CCN(c2ccnc(C(F)(F)F)c2)CC1. The zero-order chi connectivity index (χ0) is 14.6. The van der Waals surface area contributed by atoms with Crippen LogP contribution in [0.15, 0.2) is 18.3 Å². The van der Waals surface area contributed by atoms with Gasteiger partial charge < -0.3 is 10.2 Å². The van der Waals surface area contributed by atoms with Crippen LogP contribution >= 0.6 is 0 Å². The predicted molar refractivity (Wildman–Crippen MR) is 72.7 cm³/mol. The highest BCUT2D eigenvalue weighted by Crippen LogP contribution is 2.31. The summed E-state index contributed by atoms with van der Waals surface area (Å²) in [4.78, 5) is 5.42. The van der Waals surface area contributed by atoms with Crippen LogP contribution in [-0.2, 0) is 6.18 Å². The van der Waals surface area contributed by atoms with E-state index in [1.165, 1.54) is 6.20 Å². The molecule has 0 unspecified atom stereocenters. The lowest BCUT2D eigenvalue weighted by atomic mass is 9.93. The summed E-state index contributed by atoms with van der Waals surface area (Å²) in [5.41, 5.74) is -0.188. The van der Waals surface area contributed by atoms with Crippen molar-refractivity contribution >= 4 is 5.69 Å². The summed E-state index contributed by atoms with van der Waals surface area (Å²) in [6.07, 6.45) is 0.0670. The fourth-order valence-corrected chi connectivity index (χ4v) is 2.60. The number of hydrogen-bond donors (Lipinski definition) is 1. The lowest BCUT2D eigenvalue weighted by Crippen LogP contribution is -2.34. The Morgan fingerprint density at radius 2 is 2.05 bits per heavy atom. The molecule has 0 aliphatic carbocycles. The van der Waals surface area contributed by atoms with E-state index >= 15 is 0 Å². The molecule has 0 saturated carbocycles. The molecule has 0 amide bonds. The highest BCUT2D eigenvalue weighted by molar-refractivity contribution is 5.47. The van der Waals surface area contributed by atoms with Gasteiger partial charge in [-0.3, -0.25) is 4.98 Å². The number of pyridine rings is 1. The van der Waals surface area contributed by atoms with Gasteiger partial charge >= 0.3 is 6.18 Å². The lowest BCUT2D eigenvalue weighted by molar-refractivity contribution is -0.141. The van der Waals surface area contributed by atoms with Crippen molar-refractivity contribution in [1.29, 1.82) is 0 Å². The van der Waals surface area contributed by atoms with E-state index in [1.807, 2.05) is 11.9 Å². The van der Waals surface area contributed by atoms with Crippen molar-refractivity contribution in [2.75, 3.05) is 31.6 Å². The molecule has 0 aromatic carbocycles. The number of aromatic nitrogens is 1. The van der Waals surface area contributed by atoms with E-state index in [0.717, 1.165) is 45.0 Å². The second kappa shape index (κ2) is 6.43. The van der Waals surface area contributed by atoms with Crippen LogP contribution in [0, 0.1) is 5.92 Å². The molecule has 3 nitrogen and oxygen atoms in total. The van der Waals surface area contributed by atoms with Gasteiger partial charge in [0.1, 0.15) is 5.69 Å². The fourth-order valence-electron chi connectivity index (χ4n) is 2.60. The first-order chi connectivity index (χ1) is 9.50. The predicted octanol–water partition coefficient (Wildman–Crippen LogP) is 2.93. The Bertz CT molecular complexity index is 426. The van der Waals surface area contributed by atoms with Crippen LogP contribution in [0.4, 0.5) is 18.9 Å². The Labute approximate surface area is 117 Å². The molecule has 1 aliphatic heterocycles. The van der Waals surface area contributed by atoms with Crippen LogP contribution in [0.1, 0.15) is 25.0 Å². The molecule has 6 heteroatoms. The molecule has 20 heavy (non-hydrogen) atoms. The maximum atomic E-state index is 12.6. The van der Waals surface area contributed by atoms with Crippen LogP contribution in [0.3, 0.4) is 0 Å². The first-order valence-electron chi connectivity index (χ1n) is 6.93. The molecule has 1 aliphatic rings. The number of anilines is 1. The van der Waals surface area contributed by atoms with Gasteiger partial charge in [0.15, 0.2) is 0 Å². The second-order valence-electron chi connectivity index (χ2n) is 5.22. The molecule has 1 aromatic rings. The van der Waals surface area contributed by atoms with Gasteiger partial charge in [-0.1, -0.05) is 0 Å². The summed E-state index contributed by atoms with van der Waals surface area (Å²) < 4.78 is 37.9.